The maximum atomic E-state index is 13.3. The van der Waals surface area contributed by atoms with E-state index in [0.29, 0.717) is 0 Å². The highest BCUT2D eigenvalue weighted by atomic mass is 16.6. The maximum Gasteiger partial charge on any atom is 0.363 e. The molecule has 0 radical (unpaired) electrons. The van der Waals surface area contributed by atoms with E-state index in [4.69, 9.17) is 28.4 Å². The third kappa shape index (κ3) is 14.8. The van der Waals surface area contributed by atoms with Gasteiger partial charge in [0, 0.05) is 25.7 Å². The van der Waals surface area contributed by atoms with Gasteiger partial charge in [-0.15, -0.1) is 0 Å². The van der Waals surface area contributed by atoms with E-state index in [1.165, 1.54) is 10.6 Å². The highest BCUT2D eigenvalue weighted by Gasteiger charge is 2.47. The maximum absolute atomic E-state index is 13.3. The second-order valence-electron chi connectivity index (χ2n) is 12.7. The Morgan fingerprint density at radius 1 is 0.521 bits per heavy atom. The molecule has 0 heterocycles. The molecule has 0 aliphatic carbocycles. The molecule has 6 N–H and O–H groups in total. The van der Waals surface area contributed by atoms with E-state index in [2.05, 4.69) is 14.1 Å². The van der Waals surface area contributed by atoms with Gasteiger partial charge in [-0.05, 0) is 11.8 Å². The molecule has 0 bridgehead atoms. The molecule has 0 fully saturated rings. The van der Waals surface area contributed by atoms with Crippen molar-refractivity contribution < 1.29 is 78.0 Å². The van der Waals surface area contributed by atoms with E-state index in [0.717, 1.165) is 13.8 Å². The summed E-state index contributed by atoms with van der Waals surface area (Å²) in [6.45, 7) is 13.5. The van der Waals surface area contributed by atoms with Crippen molar-refractivity contribution in [1.29, 1.82) is 0 Å². The van der Waals surface area contributed by atoms with Crippen LogP contribution >= 0.6 is 0 Å². The number of esters is 6. The molecule has 0 aromatic carbocycles. The van der Waals surface area contributed by atoms with Crippen LogP contribution in [0.2, 0.25) is 0 Å². The number of hydrogen-bond acceptors (Lipinski definition) is 14. The predicted octanol–water partition coefficient (Wildman–Crippen LogP) is -1.45. The SMILES string of the molecule is [CH2-][NH2+]C(C(=O)OC(COC(=O)C(O)C(C)C)C(OC(C)=O)C(OC(C)=O)C(COC(=O)C(O)C(C)C)OC(=O)C([NH2+][CH2-])C(C)C)C(C)C. The van der Waals surface area contributed by atoms with Crippen LogP contribution in [0, 0.1) is 37.8 Å². The second kappa shape index (κ2) is 21.6. The van der Waals surface area contributed by atoms with Crippen LogP contribution in [0.1, 0.15) is 69.2 Å². The van der Waals surface area contributed by atoms with Gasteiger partial charge in [0.1, 0.15) is 13.2 Å². The number of carbonyl (C=O) groups is 6. The van der Waals surface area contributed by atoms with Gasteiger partial charge in [0.2, 0.25) is 0 Å². The Morgan fingerprint density at radius 2 is 0.812 bits per heavy atom. The molecule has 0 amide bonds. The number of rotatable bonds is 21. The van der Waals surface area contributed by atoms with Crippen LogP contribution in [0.3, 0.4) is 0 Å². The van der Waals surface area contributed by atoms with Crippen molar-refractivity contribution in [2.24, 2.45) is 23.7 Å². The third-order valence-corrected chi connectivity index (χ3v) is 7.21. The number of nitrogens with two attached hydrogens (primary N) is 2. The molecule has 16 nitrogen and oxygen atoms in total. The van der Waals surface area contributed by atoms with Crippen LogP contribution in [0.15, 0.2) is 0 Å². The van der Waals surface area contributed by atoms with Crippen molar-refractivity contribution in [3.05, 3.63) is 14.1 Å². The first-order chi connectivity index (χ1) is 22.2. The monoisotopic (exact) mass is 692 g/mol. The zero-order valence-corrected chi connectivity index (χ0v) is 29.7. The number of hydrogen-bond donors (Lipinski definition) is 4. The quantitative estimate of drug-likeness (QED) is 0.0613. The van der Waals surface area contributed by atoms with Crippen LogP contribution in [0.4, 0.5) is 0 Å². The molecule has 0 aromatic rings. The first-order valence-electron chi connectivity index (χ1n) is 15.9. The molecule has 0 saturated heterocycles. The lowest BCUT2D eigenvalue weighted by Crippen LogP contribution is -2.87. The smallest absolute Gasteiger partial charge is 0.363 e. The number of aliphatic hydroxyl groups excluding tert-OH is 2. The van der Waals surface area contributed by atoms with Gasteiger partial charge in [0.25, 0.3) is 0 Å². The summed E-state index contributed by atoms with van der Waals surface area (Å²) in [6, 6.07) is -1.78. The molecule has 16 heteroatoms. The van der Waals surface area contributed by atoms with Gasteiger partial charge in [-0.3, -0.25) is 9.59 Å². The van der Waals surface area contributed by atoms with Crippen molar-refractivity contribution in [3.8, 4) is 0 Å². The minimum Gasteiger partial charge on any atom is -0.467 e. The fourth-order valence-electron chi connectivity index (χ4n) is 4.26. The lowest BCUT2D eigenvalue weighted by atomic mass is 10.0. The number of ether oxygens (including phenoxy) is 6. The van der Waals surface area contributed by atoms with Gasteiger partial charge in [-0.25, -0.2) is 19.2 Å². The molecular weight excluding hydrogens is 636 g/mol. The standard InChI is InChI=1S/C32H56N2O14/c1-15(2)23(33-11)29(39)47-21(13-43-31(41)25(37)17(5)6)27(45-19(9)35)28(46-20(10)36)22(14-44-32(42)26(38)18(7)8)48-30(40)24(34-12)16(3)4/h15-18,21-28,37-38H,11-14,33-34H2,1-10H3. The van der Waals surface area contributed by atoms with E-state index in [1.807, 2.05) is 0 Å². The summed E-state index contributed by atoms with van der Waals surface area (Å²) in [7, 11) is 7.31. The van der Waals surface area contributed by atoms with Crippen LogP contribution in [0.5, 0.6) is 0 Å². The van der Waals surface area contributed by atoms with Gasteiger partial charge < -0.3 is 49.3 Å². The molecule has 8 unspecified atom stereocenters. The highest BCUT2D eigenvalue weighted by Crippen LogP contribution is 2.22. The van der Waals surface area contributed by atoms with Crippen LogP contribution < -0.4 is 10.6 Å². The Hall–Kier alpha value is -3.34. The average Bonchev–Trinajstić information content (AvgIpc) is 2.97. The Balaban J connectivity index is 7.22. The summed E-state index contributed by atoms with van der Waals surface area (Å²) in [6.07, 6.45) is -10.3. The molecule has 8 atom stereocenters. The lowest BCUT2D eigenvalue weighted by molar-refractivity contribution is -0.628. The first-order valence-corrected chi connectivity index (χ1v) is 15.9. The summed E-state index contributed by atoms with van der Waals surface area (Å²) < 4.78 is 32.9. The summed E-state index contributed by atoms with van der Waals surface area (Å²) in [5, 5.41) is 23.1. The normalized spacial score (nSPS) is 16.6. The molecule has 0 aromatic heterocycles. The Morgan fingerprint density at radius 3 is 1.02 bits per heavy atom. The second-order valence-corrected chi connectivity index (χ2v) is 12.7. The van der Waals surface area contributed by atoms with Crippen molar-refractivity contribution >= 4 is 35.8 Å². The van der Waals surface area contributed by atoms with Crippen molar-refractivity contribution in [3.63, 3.8) is 0 Å². The summed E-state index contributed by atoms with van der Waals surface area (Å²) in [5.74, 6) is -7.63. The topological polar surface area (TPSA) is 231 Å². The van der Waals surface area contributed by atoms with Crippen LogP contribution in [0.25, 0.3) is 0 Å². The minimum atomic E-state index is -1.84. The molecule has 0 aliphatic heterocycles. The average molecular weight is 693 g/mol. The molecule has 0 aliphatic rings. The van der Waals surface area contributed by atoms with Crippen molar-refractivity contribution in [1.82, 2.24) is 0 Å². The van der Waals surface area contributed by atoms with Crippen molar-refractivity contribution in [2.45, 2.75) is 118 Å². The lowest BCUT2D eigenvalue weighted by Gasteiger charge is -2.36. The van der Waals surface area contributed by atoms with Crippen LogP contribution in [-0.4, -0.2) is 108 Å². The molecule has 0 saturated carbocycles. The zero-order valence-electron chi connectivity index (χ0n) is 29.7. The van der Waals surface area contributed by atoms with Gasteiger partial charge >= 0.3 is 35.8 Å². The summed E-state index contributed by atoms with van der Waals surface area (Å²) in [4.78, 5) is 76.9. The summed E-state index contributed by atoms with van der Waals surface area (Å²) >= 11 is 0. The minimum absolute atomic E-state index is 0.315. The fraction of sp³-hybridized carbons (Fsp3) is 0.750. The van der Waals surface area contributed by atoms with Gasteiger partial charge in [-0.2, -0.15) is 14.1 Å². The predicted molar refractivity (Wildman–Crippen MR) is 166 cm³/mol. The first kappa shape index (κ1) is 44.7. The van der Waals surface area contributed by atoms with Gasteiger partial charge in [-0.1, -0.05) is 55.4 Å². The Bertz CT molecular complexity index is 981. The molecule has 48 heavy (non-hydrogen) atoms. The largest absolute Gasteiger partial charge is 0.467 e. The van der Waals surface area contributed by atoms with E-state index in [9.17, 15) is 39.0 Å². The molecule has 0 rings (SSSR count). The van der Waals surface area contributed by atoms with Crippen molar-refractivity contribution in [2.75, 3.05) is 13.2 Å². The molecule has 0 spiro atoms. The molecular formula is C32H56N2O14. The van der Waals surface area contributed by atoms with E-state index < -0.39 is 110 Å². The molecule has 278 valence electrons. The van der Waals surface area contributed by atoms with Gasteiger partial charge in [0.05, 0.1) is 0 Å². The zero-order chi connectivity index (χ0) is 37.5. The van der Waals surface area contributed by atoms with Gasteiger partial charge in [0.15, 0.2) is 48.7 Å². The Labute approximate surface area is 282 Å². The Kier molecular flexibility index (Phi) is 20.1. The van der Waals surface area contributed by atoms with E-state index in [1.54, 1.807) is 55.4 Å². The number of carbonyl (C=O) groups excluding carboxylic acids is 6. The van der Waals surface area contributed by atoms with E-state index in [-0.39, 0.29) is 11.8 Å². The highest BCUT2D eigenvalue weighted by molar-refractivity contribution is 5.77. The van der Waals surface area contributed by atoms with E-state index >= 15 is 0 Å². The third-order valence-electron chi connectivity index (χ3n) is 7.21. The number of quaternary nitrogens is 2. The summed E-state index contributed by atoms with van der Waals surface area (Å²) in [5.41, 5.74) is 0. The fourth-order valence-corrected chi connectivity index (χ4v) is 4.26. The van der Waals surface area contributed by atoms with Crippen LogP contribution in [-0.2, 0) is 57.2 Å². The number of aliphatic hydroxyl groups is 2.